The van der Waals surface area contributed by atoms with E-state index in [4.69, 9.17) is 0 Å². The van der Waals surface area contributed by atoms with E-state index in [1.807, 2.05) is 24.8 Å². The fourth-order valence-electron chi connectivity index (χ4n) is 3.70. The van der Waals surface area contributed by atoms with Crippen molar-refractivity contribution in [3.05, 3.63) is 45.9 Å². The van der Waals surface area contributed by atoms with Gasteiger partial charge in [0.2, 0.25) is 0 Å². The molecule has 2 aromatic heterocycles. The van der Waals surface area contributed by atoms with Crippen molar-refractivity contribution in [3.63, 3.8) is 0 Å². The molecule has 1 saturated carbocycles. The van der Waals surface area contributed by atoms with E-state index in [1.165, 1.54) is 12.8 Å². The first kappa shape index (κ1) is 17.9. The number of amides is 1. The lowest BCUT2D eigenvalue weighted by Crippen LogP contribution is -2.40. The molecule has 27 heavy (non-hydrogen) atoms. The Labute approximate surface area is 158 Å². The first-order valence-electron chi connectivity index (χ1n) is 9.92. The van der Waals surface area contributed by atoms with Crippen LogP contribution in [0.1, 0.15) is 73.2 Å². The number of nitrogens with zero attached hydrogens (tertiary/aromatic N) is 4. The van der Waals surface area contributed by atoms with E-state index in [1.54, 1.807) is 17.0 Å². The average molecular weight is 369 g/mol. The van der Waals surface area contributed by atoms with Gasteiger partial charge in [0.1, 0.15) is 5.69 Å². The molecule has 0 aromatic carbocycles. The fraction of sp³-hybridized carbons (Fsp3) is 0.600. The number of rotatable bonds is 5. The van der Waals surface area contributed by atoms with Gasteiger partial charge in [-0.05, 0) is 43.6 Å². The lowest BCUT2D eigenvalue weighted by Gasteiger charge is -2.31. The third-order valence-corrected chi connectivity index (χ3v) is 5.68. The second-order valence-corrected chi connectivity index (χ2v) is 8.18. The zero-order chi connectivity index (χ0) is 19.0. The van der Waals surface area contributed by atoms with Gasteiger partial charge in [-0.1, -0.05) is 13.8 Å². The van der Waals surface area contributed by atoms with E-state index >= 15 is 0 Å². The highest BCUT2D eigenvalue weighted by atomic mass is 16.2. The Hall–Kier alpha value is -2.44. The van der Waals surface area contributed by atoms with Crippen LogP contribution in [0.2, 0.25) is 0 Å². The minimum Gasteiger partial charge on any atom is -0.337 e. The second kappa shape index (κ2) is 7.29. The van der Waals surface area contributed by atoms with Crippen molar-refractivity contribution < 1.29 is 4.79 Å². The summed E-state index contributed by atoms with van der Waals surface area (Å²) in [6.45, 7) is 6.15. The summed E-state index contributed by atoms with van der Waals surface area (Å²) in [6.07, 6.45) is 5.83. The number of carbonyl (C=O) groups is 1. The number of nitrogens with one attached hydrogen (secondary N) is 1. The first-order valence-corrected chi connectivity index (χ1v) is 9.92. The van der Waals surface area contributed by atoms with Crippen LogP contribution >= 0.6 is 0 Å². The Morgan fingerprint density at radius 2 is 1.96 bits per heavy atom. The van der Waals surface area contributed by atoms with Crippen LogP contribution in [0.3, 0.4) is 0 Å². The molecule has 1 aliphatic heterocycles. The molecule has 0 radical (unpaired) electrons. The van der Waals surface area contributed by atoms with Crippen molar-refractivity contribution in [2.75, 3.05) is 13.1 Å². The Kier molecular flexibility index (Phi) is 4.85. The molecule has 0 bridgehead atoms. The molecule has 144 valence electrons. The number of carbonyl (C=O) groups excluding carboxylic acids is 1. The number of aromatic nitrogens is 4. The van der Waals surface area contributed by atoms with Gasteiger partial charge in [0.25, 0.3) is 11.5 Å². The minimum atomic E-state index is 0.0105. The van der Waals surface area contributed by atoms with Gasteiger partial charge < -0.3 is 4.90 Å². The number of likely N-dealkylation sites (tertiary alicyclic amines) is 1. The van der Waals surface area contributed by atoms with E-state index in [9.17, 15) is 9.59 Å². The van der Waals surface area contributed by atoms with E-state index < -0.39 is 0 Å². The van der Waals surface area contributed by atoms with Crippen LogP contribution in [0.25, 0.3) is 0 Å². The topological polar surface area (TPSA) is 83.9 Å². The van der Waals surface area contributed by atoms with Crippen molar-refractivity contribution in [1.82, 2.24) is 24.6 Å². The lowest BCUT2D eigenvalue weighted by atomic mass is 9.96. The normalized spacial score (nSPS) is 18.3. The maximum Gasteiger partial charge on any atom is 0.274 e. The maximum atomic E-state index is 12.7. The molecule has 0 unspecified atom stereocenters. The van der Waals surface area contributed by atoms with Crippen LogP contribution in [0.15, 0.2) is 23.3 Å². The predicted molar refractivity (Wildman–Crippen MR) is 102 cm³/mol. The zero-order valence-electron chi connectivity index (χ0n) is 16.0. The predicted octanol–water partition coefficient (Wildman–Crippen LogP) is 2.52. The van der Waals surface area contributed by atoms with Gasteiger partial charge in [0.15, 0.2) is 0 Å². The standard InChI is InChI=1S/C20H27N5O2/c1-13(2)16-10-19(26)25(12-21-16)11-14-5-7-24(8-6-14)20(27)18-9-17(22-23-18)15-3-4-15/h9-10,12-15H,3-8,11H2,1-2H3,(H,22,23). The maximum absolute atomic E-state index is 12.7. The van der Waals surface area contributed by atoms with Gasteiger partial charge >= 0.3 is 0 Å². The monoisotopic (exact) mass is 369 g/mol. The van der Waals surface area contributed by atoms with Crippen LogP contribution in [-0.4, -0.2) is 43.6 Å². The largest absolute Gasteiger partial charge is 0.337 e. The van der Waals surface area contributed by atoms with Gasteiger partial charge in [-0.25, -0.2) is 4.98 Å². The SMILES string of the molecule is CC(C)c1cc(=O)n(CC2CCN(C(=O)c3cc(C4CC4)[nH]n3)CC2)cn1. The summed E-state index contributed by atoms with van der Waals surface area (Å²) in [6, 6.07) is 3.55. The summed E-state index contributed by atoms with van der Waals surface area (Å²) >= 11 is 0. The Bertz CT molecular complexity index is 872. The summed E-state index contributed by atoms with van der Waals surface area (Å²) in [5, 5.41) is 7.21. The van der Waals surface area contributed by atoms with Gasteiger partial charge in [-0.2, -0.15) is 5.10 Å². The lowest BCUT2D eigenvalue weighted by molar-refractivity contribution is 0.0676. The van der Waals surface area contributed by atoms with E-state index in [0.717, 1.165) is 24.2 Å². The molecule has 0 spiro atoms. The molecule has 4 rings (SSSR count). The number of hydrogen-bond donors (Lipinski definition) is 1. The Balaban J connectivity index is 1.33. The molecular weight excluding hydrogens is 342 g/mol. The van der Waals surface area contributed by atoms with Crippen molar-refractivity contribution in [2.24, 2.45) is 5.92 Å². The van der Waals surface area contributed by atoms with E-state index in [2.05, 4.69) is 15.2 Å². The molecule has 3 heterocycles. The molecule has 0 atom stereocenters. The number of hydrogen-bond acceptors (Lipinski definition) is 4. The molecule has 7 heteroatoms. The van der Waals surface area contributed by atoms with Crippen molar-refractivity contribution >= 4 is 5.91 Å². The van der Waals surface area contributed by atoms with Gasteiger partial charge in [0, 0.05) is 37.3 Å². The summed E-state index contributed by atoms with van der Waals surface area (Å²) < 4.78 is 1.70. The van der Waals surface area contributed by atoms with Gasteiger partial charge in [-0.15, -0.1) is 0 Å². The molecule has 2 aromatic rings. The van der Waals surface area contributed by atoms with Crippen LogP contribution < -0.4 is 5.56 Å². The van der Waals surface area contributed by atoms with Crippen LogP contribution in [0.4, 0.5) is 0 Å². The van der Waals surface area contributed by atoms with Crippen molar-refractivity contribution in [2.45, 2.75) is 57.9 Å². The average Bonchev–Trinajstić information content (AvgIpc) is 3.40. The van der Waals surface area contributed by atoms with Gasteiger partial charge in [-0.3, -0.25) is 19.3 Å². The fourth-order valence-corrected chi connectivity index (χ4v) is 3.70. The molecule has 1 saturated heterocycles. The Morgan fingerprint density at radius 1 is 1.22 bits per heavy atom. The highest BCUT2D eigenvalue weighted by Crippen LogP contribution is 2.39. The minimum absolute atomic E-state index is 0.0105. The quantitative estimate of drug-likeness (QED) is 0.878. The summed E-state index contributed by atoms with van der Waals surface area (Å²) in [5.74, 6) is 1.22. The molecule has 7 nitrogen and oxygen atoms in total. The van der Waals surface area contributed by atoms with Crippen LogP contribution in [0, 0.1) is 5.92 Å². The number of H-pyrrole nitrogens is 1. The van der Waals surface area contributed by atoms with Crippen molar-refractivity contribution in [1.29, 1.82) is 0 Å². The smallest absolute Gasteiger partial charge is 0.274 e. The summed E-state index contributed by atoms with van der Waals surface area (Å²) in [7, 11) is 0. The molecule has 2 aliphatic rings. The second-order valence-electron chi connectivity index (χ2n) is 8.18. The molecule has 2 fully saturated rings. The van der Waals surface area contributed by atoms with Crippen LogP contribution in [0.5, 0.6) is 0 Å². The number of piperidine rings is 1. The Morgan fingerprint density at radius 3 is 2.59 bits per heavy atom. The molecule has 1 N–H and O–H groups in total. The number of aromatic amines is 1. The van der Waals surface area contributed by atoms with E-state index in [0.29, 0.717) is 37.2 Å². The molecular formula is C20H27N5O2. The van der Waals surface area contributed by atoms with Crippen LogP contribution in [-0.2, 0) is 6.54 Å². The summed E-state index contributed by atoms with van der Waals surface area (Å²) in [5.41, 5.74) is 2.46. The molecule has 1 aliphatic carbocycles. The highest BCUT2D eigenvalue weighted by molar-refractivity contribution is 5.92. The van der Waals surface area contributed by atoms with Gasteiger partial charge in [0.05, 0.1) is 12.0 Å². The highest BCUT2D eigenvalue weighted by Gasteiger charge is 2.29. The first-order chi connectivity index (χ1) is 13.0. The molecule has 1 amide bonds. The third-order valence-electron chi connectivity index (χ3n) is 5.68. The van der Waals surface area contributed by atoms with E-state index in [-0.39, 0.29) is 17.4 Å². The van der Waals surface area contributed by atoms with Crippen molar-refractivity contribution in [3.8, 4) is 0 Å². The zero-order valence-corrected chi connectivity index (χ0v) is 16.0. The third kappa shape index (κ3) is 3.96. The summed E-state index contributed by atoms with van der Waals surface area (Å²) in [4.78, 5) is 31.2.